The van der Waals surface area contributed by atoms with Crippen molar-refractivity contribution in [2.45, 2.75) is 50.6 Å². The first-order chi connectivity index (χ1) is 13.5. The van der Waals surface area contributed by atoms with Crippen molar-refractivity contribution < 1.29 is 18.7 Å². The number of hydrogen-bond donors (Lipinski definition) is 0. The van der Waals surface area contributed by atoms with Crippen LogP contribution in [0.1, 0.15) is 48.9 Å². The normalized spacial score (nSPS) is 21.6. The average molecular weight is 409 g/mol. The Morgan fingerprint density at radius 1 is 1.04 bits per heavy atom. The molecule has 5 nitrogen and oxygen atoms in total. The van der Waals surface area contributed by atoms with E-state index >= 15 is 0 Å². The summed E-state index contributed by atoms with van der Waals surface area (Å²) in [6.45, 7) is 2.51. The summed E-state index contributed by atoms with van der Waals surface area (Å²) in [6, 6.07) is 4.26. The predicted molar refractivity (Wildman–Crippen MR) is 104 cm³/mol. The molecule has 7 heteroatoms. The van der Waals surface area contributed by atoms with Gasteiger partial charge < -0.3 is 14.5 Å². The van der Waals surface area contributed by atoms with Crippen LogP contribution in [0.25, 0.3) is 0 Å². The lowest BCUT2D eigenvalue weighted by molar-refractivity contribution is -0.141. The van der Waals surface area contributed by atoms with Crippen molar-refractivity contribution >= 4 is 23.4 Å². The number of amides is 2. The largest absolute Gasteiger partial charge is 0.381 e. The third-order valence-corrected chi connectivity index (χ3v) is 6.40. The van der Waals surface area contributed by atoms with E-state index < -0.39 is 5.82 Å². The van der Waals surface area contributed by atoms with Crippen LogP contribution in [-0.2, 0) is 9.53 Å². The van der Waals surface area contributed by atoms with Crippen LogP contribution in [0.2, 0.25) is 5.02 Å². The Bertz CT molecular complexity index is 741. The summed E-state index contributed by atoms with van der Waals surface area (Å²) < 4.78 is 19.0. The van der Waals surface area contributed by atoms with Crippen molar-refractivity contribution in [3.63, 3.8) is 0 Å². The van der Waals surface area contributed by atoms with Gasteiger partial charge in [-0.2, -0.15) is 0 Å². The van der Waals surface area contributed by atoms with Crippen molar-refractivity contribution in [2.75, 3.05) is 26.3 Å². The number of nitrogens with zero attached hydrogens (tertiary/aromatic N) is 2. The van der Waals surface area contributed by atoms with Gasteiger partial charge in [-0.25, -0.2) is 4.39 Å². The van der Waals surface area contributed by atoms with Crippen molar-refractivity contribution in [2.24, 2.45) is 5.92 Å². The first-order valence-corrected chi connectivity index (χ1v) is 10.6. The summed E-state index contributed by atoms with van der Waals surface area (Å²) in [7, 11) is 0. The maximum atomic E-state index is 13.5. The van der Waals surface area contributed by atoms with Gasteiger partial charge in [-0.3, -0.25) is 9.59 Å². The smallest absolute Gasteiger partial charge is 0.255 e. The highest BCUT2D eigenvalue weighted by atomic mass is 35.5. The minimum absolute atomic E-state index is 0.156. The maximum Gasteiger partial charge on any atom is 0.255 e. The number of ether oxygens (including phenoxy) is 1. The molecular formula is C21H26ClFN2O3. The van der Waals surface area contributed by atoms with Gasteiger partial charge in [0, 0.05) is 44.3 Å². The van der Waals surface area contributed by atoms with E-state index in [1.807, 2.05) is 0 Å². The molecule has 28 heavy (non-hydrogen) atoms. The van der Waals surface area contributed by atoms with Crippen molar-refractivity contribution in [3.8, 4) is 0 Å². The number of rotatable bonds is 4. The number of carbonyl (C=O) groups is 2. The molecule has 0 atom stereocenters. The lowest BCUT2D eigenvalue weighted by Crippen LogP contribution is -2.54. The molecule has 152 valence electrons. The molecular weight excluding hydrogens is 383 g/mol. The molecule has 0 radical (unpaired) electrons. The number of hydrogen-bond acceptors (Lipinski definition) is 3. The lowest BCUT2D eigenvalue weighted by atomic mass is 9.96. The lowest BCUT2D eigenvalue weighted by Gasteiger charge is -2.44. The molecule has 1 aromatic carbocycles. The molecule has 2 aliphatic heterocycles. The fraction of sp³-hybridized carbons (Fsp3) is 0.619. The quantitative estimate of drug-likeness (QED) is 0.766. The average Bonchev–Trinajstić information content (AvgIpc) is 3.56. The first kappa shape index (κ1) is 19.6. The Labute approximate surface area is 169 Å². The summed E-state index contributed by atoms with van der Waals surface area (Å²) in [6.07, 6.45) is 5.25. The standard InChI is InChI=1S/C21H26ClFN2O3/c22-19-4-3-15(23)13-18(19)21(27)24-9-5-16(6-10-24)25(20(26)14-1-2-14)17-7-11-28-12-8-17/h3-4,13-14,16-17H,1-2,5-12H2. The first-order valence-electron chi connectivity index (χ1n) is 10.2. The summed E-state index contributed by atoms with van der Waals surface area (Å²) in [4.78, 5) is 29.6. The highest BCUT2D eigenvalue weighted by molar-refractivity contribution is 6.33. The molecule has 1 saturated carbocycles. The molecule has 0 spiro atoms. The number of benzene rings is 1. The van der Waals surface area contributed by atoms with E-state index in [4.69, 9.17) is 16.3 Å². The molecule has 2 heterocycles. The van der Waals surface area contributed by atoms with Gasteiger partial charge in [0.1, 0.15) is 5.82 Å². The second-order valence-electron chi connectivity index (χ2n) is 8.01. The van der Waals surface area contributed by atoms with E-state index in [1.165, 1.54) is 18.2 Å². The molecule has 4 rings (SSSR count). The van der Waals surface area contributed by atoms with Crippen LogP contribution in [0.3, 0.4) is 0 Å². The predicted octanol–water partition coefficient (Wildman–Crippen LogP) is 3.50. The monoisotopic (exact) mass is 408 g/mol. The van der Waals surface area contributed by atoms with E-state index in [9.17, 15) is 14.0 Å². The number of halogens is 2. The van der Waals surface area contributed by atoms with E-state index in [2.05, 4.69) is 4.90 Å². The SMILES string of the molecule is O=C(c1cc(F)ccc1Cl)N1CCC(N(C(=O)C2CC2)C2CCOCC2)CC1. The van der Waals surface area contributed by atoms with Crippen LogP contribution in [0.15, 0.2) is 18.2 Å². The number of piperidine rings is 1. The van der Waals surface area contributed by atoms with Gasteiger partial charge in [0.2, 0.25) is 5.91 Å². The van der Waals surface area contributed by atoms with Crippen LogP contribution in [0.5, 0.6) is 0 Å². The summed E-state index contributed by atoms with van der Waals surface area (Å²) in [5.41, 5.74) is 0.204. The van der Waals surface area contributed by atoms with Crippen LogP contribution in [-0.4, -0.2) is 60.0 Å². The molecule has 3 aliphatic rings. The van der Waals surface area contributed by atoms with Gasteiger partial charge in [0.05, 0.1) is 10.6 Å². The second-order valence-corrected chi connectivity index (χ2v) is 8.42. The Balaban J connectivity index is 1.43. The molecule has 3 fully saturated rings. The van der Waals surface area contributed by atoms with Crippen LogP contribution < -0.4 is 0 Å². The zero-order valence-electron chi connectivity index (χ0n) is 15.9. The molecule has 2 amide bonds. The van der Waals surface area contributed by atoms with Gasteiger partial charge in [-0.1, -0.05) is 11.6 Å². The van der Waals surface area contributed by atoms with Crippen molar-refractivity contribution in [1.29, 1.82) is 0 Å². The molecule has 0 aromatic heterocycles. The van der Waals surface area contributed by atoms with Gasteiger partial charge >= 0.3 is 0 Å². The zero-order chi connectivity index (χ0) is 19.7. The fourth-order valence-electron chi connectivity index (χ4n) is 4.34. The van der Waals surface area contributed by atoms with Crippen molar-refractivity contribution in [1.82, 2.24) is 9.80 Å². The summed E-state index contributed by atoms with van der Waals surface area (Å²) >= 11 is 6.10. The topological polar surface area (TPSA) is 49.9 Å². The number of carbonyl (C=O) groups excluding carboxylic acids is 2. The Hall–Kier alpha value is -1.66. The van der Waals surface area contributed by atoms with Crippen LogP contribution in [0, 0.1) is 11.7 Å². The minimum atomic E-state index is -0.469. The van der Waals surface area contributed by atoms with E-state index in [1.54, 1.807) is 4.90 Å². The third kappa shape index (κ3) is 4.18. The molecule has 2 saturated heterocycles. The van der Waals surface area contributed by atoms with E-state index in [0.29, 0.717) is 26.3 Å². The highest BCUT2D eigenvalue weighted by Crippen LogP contribution is 2.35. The van der Waals surface area contributed by atoms with Crippen LogP contribution >= 0.6 is 11.6 Å². The Morgan fingerprint density at radius 3 is 2.32 bits per heavy atom. The highest BCUT2D eigenvalue weighted by Gasteiger charge is 2.41. The Morgan fingerprint density at radius 2 is 1.68 bits per heavy atom. The number of likely N-dealkylation sites (tertiary alicyclic amines) is 1. The molecule has 0 bridgehead atoms. The third-order valence-electron chi connectivity index (χ3n) is 6.07. The van der Waals surface area contributed by atoms with Crippen molar-refractivity contribution in [3.05, 3.63) is 34.6 Å². The fourth-order valence-corrected chi connectivity index (χ4v) is 4.54. The van der Waals surface area contributed by atoms with Gasteiger partial charge in [0.15, 0.2) is 0 Å². The zero-order valence-corrected chi connectivity index (χ0v) is 16.7. The molecule has 1 aliphatic carbocycles. The minimum Gasteiger partial charge on any atom is -0.381 e. The Kier molecular flexibility index (Phi) is 5.88. The molecule has 0 N–H and O–H groups in total. The molecule has 0 unspecified atom stereocenters. The summed E-state index contributed by atoms with van der Waals surface area (Å²) in [5, 5.41) is 0.265. The molecule has 1 aromatic rings. The van der Waals surface area contributed by atoms with Gasteiger partial charge in [0.25, 0.3) is 5.91 Å². The maximum absolute atomic E-state index is 13.5. The summed E-state index contributed by atoms with van der Waals surface area (Å²) in [5.74, 6) is -0.240. The van der Waals surface area contributed by atoms with E-state index in [0.717, 1.165) is 38.5 Å². The van der Waals surface area contributed by atoms with Crippen LogP contribution in [0.4, 0.5) is 4.39 Å². The van der Waals surface area contributed by atoms with Gasteiger partial charge in [-0.05, 0) is 56.7 Å². The van der Waals surface area contributed by atoms with Gasteiger partial charge in [-0.15, -0.1) is 0 Å². The second kappa shape index (κ2) is 8.37. The van der Waals surface area contributed by atoms with E-state index in [-0.39, 0.29) is 40.4 Å².